The maximum atomic E-state index is 15.1. The van der Waals surface area contributed by atoms with Crippen molar-refractivity contribution in [1.82, 2.24) is 4.98 Å². The van der Waals surface area contributed by atoms with Crippen LogP contribution in [0, 0.1) is 17.0 Å². The number of rotatable bonds is 11. The minimum atomic E-state index is -1.30. The van der Waals surface area contributed by atoms with Gasteiger partial charge in [-0.1, -0.05) is 0 Å². The van der Waals surface area contributed by atoms with Crippen molar-refractivity contribution >= 4 is 40.1 Å². The van der Waals surface area contributed by atoms with E-state index in [4.69, 9.17) is 14.2 Å². The quantitative estimate of drug-likeness (QED) is 0.194. The van der Waals surface area contributed by atoms with Crippen LogP contribution in [-0.4, -0.2) is 36.5 Å². The van der Waals surface area contributed by atoms with Crippen LogP contribution in [0.15, 0.2) is 66.9 Å². The number of aromatic nitrogens is 1. The van der Waals surface area contributed by atoms with E-state index in [1.165, 1.54) is 55.8 Å². The molecule has 5 rings (SSSR count). The van der Waals surface area contributed by atoms with Gasteiger partial charge in [0.1, 0.15) is 17.0 Å². The molecule has 1 aliphatic carbocycles. The van der Waals surface area contributed by atoms with Gasteiger partial charge in [0.2, 0.25) is 11.8 Å². The predicted octanol–water partition coefficient (Wildman–Crippen LogP) is 1.19. The molecule has 4 aromatic rings. The smallest absolute Gasteiger partial charge is 0.550 e. The van der Waals surface area contributed by atoms with E-state index in [1.54, 1.807) is 12.1 Å². The molecule has 0 aliphatic heterocycles. The maximum Gasteiger partial charge on any atom is 1.00 e. The minimum absolute atomic E-state index is 0. The van der Waals surface area contributed by atoms with Gasteiger partial charge >= 0.3 is 29.6 Å². The standard InChI is InChI=1S/C30H25F2N3O7.Na/c1-40-25-15-20-22(16-26(25)41-13-9-27(36)37)33-12-8-23(20)42-24-7-6-19(14-21(24)32)35-29(39)30(10-11-30)28(38)34-18-4-2-17(31)3-5-18;/h2-8,12,14-16H,9-11,13H2,1H3,(H,34,38)(H,35,39)(H,36,37);/q;+1/p-1. The van der Waals surface area contributed by atoms with E-state index in [-0.39, 0.29) is 71.3 Å². The van der Waals surface area contributed by atoms with Crippen molar-refractivity contribution in [2.24, 2.45) is 5.41 Å². The van der Waals surface area contributed by atoms with Gasteiger partial charge in [0.05, 0.1) is 19.2 Å². The Morgan fingerprint density at radius 2 is 1.56 bits per heavy atom. The van der Waals surface area contributed by atoms with Crippen molar-refractivity contribution in [1.29, 1.82) is 0 Å². The van der Waals surface area contributed by atoms with Crippen LogP contribution in [0.3, 0.4) is 0 Å². The largest absolute Gasteiger partial charge is 1.00 e. The number of hydrogen-bond acceptors (Lipinski definition) is 8. The molecule has 0 radical (unpaired) electrons. The Hall–Kier alpha value is -4.26. The van der Waals surface area contributed by atoms with Crippen LogP contribution in [0.2, 0.25) is 0 Å². The predicted molar refractivity (Wildman–Crippen MR) is 145 cm³/mol. The molecule has 0 saturated heterocycles. The number of nitrogens with one attached hydrogen (secondary N) is 2. The van der Waals surface area contributed by atoms with Gasteiger partial charge in [0, 0.05) is 47.5 Å². The molecule has 0 atom stereocenters. The molecule has 0 bridgehead atoms. The number of fused-ring (bicyclic) bond motifs is 1. The van der Waals surface area contributed by atoms with Crippen LogP contribution in [0.5, 0.6) is 23.0 Å². The number of aliphatic carboxylic acids is 1. The Labute approximate surface area is 266 Å². The summed E-state index contributed by atoms with van der Waals surface area (Å²) >= 11 is 0. The summed E-state index contributed by atoms with van der Waals surface area (Å²) in [4.78, 5) is 40.7. The molecule has 216 valence electrons. The molecule has 10 nitrogen and oxygen atoms in total. The van der Waals surface area contributed by atoms with Crippen molar-refractivity contribution in [3.63, 3.8) is 0 Å². The maximum absolute atomic E-state index is 15.1. The van der Waals surface area contributed by atoms with Gasteiger partial charge in [-0.2, -0.15) is 0 Å². The summed E-state index contributed by atoms with van der Waals surface area (Å²) in [5, 5.41) is 16.4. The number of amides is 2. The fourth-order valence-corrected chi connectivity index (χ4v) is 4.23. The van der Waals surface area contributed by atoms with Crippen molar-refractivity contribution in [2.45, 2.75) is 19.3 Å². The van der Waals surface area contributed by atoms with Gasteiger partial charge in [0.15, 0.2) is 23.1 Å². The SMILES string of the molecule is COc1cc2c(Oc3ccc(NC(=O)C4(C(=O)Nc5ccc(F)cc5)CC4)cc3F)ccnc2cc1OCCC(=O)[O-].[Na+]. The van der Waals surface area contributed by atoms with Gasteiger partial charge in [-0.3, -0.25) is 14.6 Å². The van der Waals surface area contributed by atoms with Crippen LogP contribution in [0.25, 0.3) is 10.9 Å². The van der Waals surface area contributed by atoms with Gasteiger partial charge in [-0.15, -0.1) is 0 Å². The molecule has 2 N–H and O–H groups in total. The summed E-state index contributed by atoms with van der Waals surface area (Å²) in [5.41, 5.74) is -0.393. The molecule has 1 aliphatic rings. The zero-order chi connectivity index (χ0) is 29.9. The minimum Gasteiger partial charge on any atom is -0.550 e. The van der Waals surface area contributed by atoms with E-state index in [1.807, 2.05) is 0 Å². The number of carbonyl (C=O) groups is 3. The number of methoxy groups -OCH3 is 1. The third-order valence-electron chi connectivity index (χ3n) is 6.68. The molecular formula is C30H24F2N3NaO7. The molecule has 43 heavy (non-hydrogen) atoms. The number of anilines is 2. The first kappa shape index (κ1) is 31.7. The number of nitrogens with zero attached hydrogens (tertiary/aromatic N) is 1. The van der Waals surface area contributed by atoms with Gasteiger partial charge in [-0.05, 0) is 61.4 Å². The van der Waals surface area contributed by atoms with Crippen LogP contribution < -0.4 is 59.5 Å². The molecule has 13 heteroatoms. The molecule has 0 spiro atoms. The zero-order valence-corrected chi connectivity index (χ0v) is 25.2. The zero-order valence-electron chi connectivity index (χ0n) is 23.2. The van der Waals surface area contributed by atoms with Gasteiger partial charge < -0.3 is 34.7 Å². The second kappa shape index (κ2) is 13.4. The first-order chi connectivity index (χ1) is 20.2. The summed E-state index contributed by atoms with van der Waals surface area (Å²) in [6, 6.07) is 13.7. The van der Waals surface area contributed by atoms with Gasteiger partial charge in [-0.25, -0.2) is 8.78 Å². The van der Waals surface area contributed by atoms with Crippen molar-refractivity contribution in [3.05, 3.63) is 78.5 Å². The van der Waals surface area contributed by atoms with Crippen molar-refractivity contribution in [3.8, 4) is 23.0 Å². The van der Waals surface area contributed by atoms with Crippen LogP contribution in [0.4, 0.5) is 20.2 Å². The summed E-state index contributed by atoms with van der Waals surface area (Å²) in [5.74, 6) is -2.92. The monoisotopic (exact) mass is 599 g/mol. The molecule has 1 saturated carbocycles. The summed E-state index contributed by atoms with van der Waals surface area (Å²) < 4.78 is 44.9. The normalized spacial score (nSPS) is 12.9. The first-order valence-electron chi connectivity index (χ1n) is 12.8. The second-order valence-electron chi connectivity index (χ2n) is 9.54. The number of carboxylic acid groups (broad SMARTS) is 1. The van der Waals surface area contributed by atoms with E-state index >= 15 is 4.39 Å². The molecule has 2 amide bonds. The van der Waals surface area contributed by atoms with E-state index in [0.717, 1.165) is 6.07 Å². The van der Waals surface area contributed by atoms with Crippen LogP contribution in [0.1, 0.15) is 19.3 Å². The second-order valence-corrected chi connectivity index (χ2v) is 9.54. The van der Waals surface area contributed by atoms with E-state index < -0.39 is 34.8 Å². The Kier molecular flexibility index (Phi) is 9.84. The third kappa shape index (κ3) is 7.22. The summed E-state index contributed by atoms with van der Waals surface area (Å²) in [6.45, 7) is -0.130. The van der Waals surface area contributed by atoms with Crippen molar-refractivity contribution in [2.75, 3.05) is 24.4 Å². The fraction of sp³-hybridized carbons (Fsp3) is 0.200. The fourth-order valence-electron chi connectivity index (χ4n) is 4.23. The number of hydrogen-bond donors (Lipinski definition) is 2. The van der Waals surface area contributed by atoms with Gasteiger partial charge in [0.25, 0.3) is 0 Å². The molecule has 1 fully saturated rings. The molecule has 1 heterocycles. The average molecular weight is 600 g/mol. The number of pyridine rings is 1. The molecule has 3 aromatic carbocycles. The first-order valence-corrected chi connectivity index (χ1v) is 12.8. The average Bonchev–Trinajstić information content (AvgIpc) is 3.78. The van der Waals surface area contributed by atoms with E-state index in [2.05, 4.69) is 15.6 Å². The van der Waals surface area contributed by atoms with Crippen LogP contribution in [-0.2, 0) is 14.4 Å². The van der Waals surface area contributed by atoms with Crippen LogP contribution >= 0.6 is 0 Å². The number of carbonyl (C=O) groups excluding carboxylic acids is 3. The van der Waals surface area contributed by atoms with E-state index in [9.17, 15) is 23.9 Å². The Morgan fingerprint density at radius 1 is 0.884 bits per heavy atom. The van der Waals surface area contributed by atoms with Crippen molar-refractivity contribution < 1.29 is 72.0 Å². The Balaban J connectivity index is 0.00000423. The Bertz CT molecular complexity index is 1680. The summed E-state index contributed by atoms with van der Waals surface area (Å²) in [6.07, 6.45) is 1.78. The third-order valence-corrected chi connectivity index (χ3v) is 6.68. The number of benzene rings is 3. The Morgan fingerprint density at radius 3 is 2.19 bits per heavy atom. The molecule has 0 unspecified atom stereocenters. The summed E-state index contributed by atoms with van der Waals surface area (Å²) in [7, 11) is 1.41. The van der Waals surface area contributed by atoms with E-state index in [0.29, 0.717) is 29.4 Å². The topological polar surface area (TPSA) is 139 Å². The number of ether oxygens (including phenoxy) is 3. The number of halogens is 2. The molecule has 1 aromatic heterocycles. The molecular weight excluding hydrogens is 575 g/mol. The number of carboxylic acids is 1.